The average molecular weight is 268 g/mol. The zero-order chi connectivity index (χ0) is 13.5. The first-order valence-electron chi connectivity index (χ1n) is 6.59. The van der Waals surface area contributed by atoms with Crippen molar-refractivity contribution in [3.05, 3.63) is 21.4 Å². The van der Waals surface area contributed by atoms with Crippen molar-refractivity contribution in [3.63, 3.8) is 0 Å². The van der Waals surface area contributed by atoms with E-state index in [-0.39, 0.29) is 11.9 Å². The molecular formula is C14H24N2OS. The molecule has 4 heteroatoms. The standard InChI is InChI=1S/C14H24N2OS/c1-5-6-11(3)16-14(17)9-15-8-13-7-10(2)12(4)18-13/h7,11,15H,5-6,8-9H2,1-4H3,(H,16,17). The summed E-state index contributed by atoms with van der Waals surface area (Å²) in [6.07, 6.45) is 2.14. The first kappa shape index (κ1) is 15.2. The van der Waals surface area contributed by atoms with Gasteiger partial charge in [0.25, 0.3) is 0 Å². The highest BCUT2D eigenvalue weighted by Gasteiger charge is 2.06. The monoisotopic (exact) mass is 268 g/mol. The number of carbonyl (C=O) groups is 1. The average Bonchev–Trinajstić information content (AvgIpc) is 2.58. The molecule has 0 aliphatic carbocycles. The maximum Gasteiger partial charge on any atom is 0.234 e. The minimum Gasteiger partial charge on any atom is -0.353 e. The molecule has 1 amide bonds. The summed E-state index contributed by atoms with van der Waals surface area (Å²) in [6, 6.07) is 2.46. The molecule has 2 N–H and O–H groups in total. The van der Waals surface area contributed by atoms with Crippen LogP contribution in [0, 0.1) is 13.8 Å². The van der Waals surface area contributed by atoms with Crippen LogP contribution in [0.5, 0.6) is 0 Å². The summed E-state index contributed by atoms with van der Waals surface area (Å²) >= 11 is 1.79. The van der Waals surface area contributed by atoms with E-state index >= 15 is 0 Å². The summed E-state index contributed by atoms with van der Waals surface area (Å²) in [5.41, 5.74) is 1.33. The number of thiophene rings is 1. The topological polar surface area (TPSA) is 41.1 Å². The van der Waals surface area contributed by atoms with E-state index in [4.69, 9.17) is 0 Å². The third-order valence-corrected chi connectivity index (χ3v) is 4.08. The van der Waals surface area contributed by atoms with Crippen molar-refractivity contribution in [2.75, 3.05) is 6.54 Å². The number of nitrogens with one attached hydrogen (secondary N) is 2. The lowest BCUT2D eigenvalue weighted by molar-refractivity contribution is -0.120. The Morgan fingerprint density at radius 2 is 2.17 bits per heavy atom. The van der Waals surface area contributed by atoms with Crippen molar-refractivity contribution < 1.29 is 4.79 Å². The molecule has 0 spiro atoms. The van der Waals surface area contributed by atoms with Gasteiger partial charge in [0.2, 0.25) is 5.91 Å². The predicted molar refractivity (Wildman–Crippen MR) is 78.0 cm³/mol. The van der Waals surface area contributed by atoms with Crippen molar-refractivity contribution in [1.29, 1.82) is 0 Å². The van der Waals surface area contributed by atoms with Gasteiger partial charge in [-0.2, -0.15) is 0 Å². The molecule has 1 heterocycles. The molecule has 1 atom stereocenters. The van der Waals surface area contributed by atoms with Crippen molar-refractivity contribution in [2.45, 2.75) is 53.1 Å². The number of hydrogen-bond donors (Lipinski definition) is 2. The Bertz CT molecular complexity index is 368. The van der Waals surface area contributed by atoms with Gasteiger partial charge in [-0.3, -0.25) is 4.79 Å². The lowest BCUT2D eigenvalue weighted by atomic mass is 10.2. The molecule has 0 saturated heterocycles. The minimum absolute atomic E-state index is 0.0842. The molecule has 0 aliphatic rings. The molecule has 0 radical (unpaired) electrons. The SMILES string of the molecule is CCCC(C)NC(=O)CNCc1cc(C)c(C)s1. The summed E-state index contributed by atoms with van der Waals surface area (Å²) in [7, 11) is 0. The predicted octanol–water partition coefficient (Wildman–Crippen LogP) is 2.76. The quantitative estimate of drug-likeness (QED) is 0.798. The second kappa shape index (κ2) is 7.54. The Morgan fingerprint density at radius 1 is 1.44 bits per heavy atom. The number of rotatable bonds is 7. The van der Waals surface area contributed by atoms with Gasteiger partial charge in [0.1, 0.15) is 0 Å². The second-order valence-corrected chi connectivity index (χ2v) is 6.15. The molecule has 0 bridgehead atoms. The summed E-state index contributed by atoms with van der Waals surface area (Å²) in [6.45, 7) is 9.59. The fraction of sp³-hybridized carbons (Fsp3) is 0.643. The van der Waals surface area contributed by atoms with E-state index in [2.05, 4.69) is 37.5 Å². The molecule has 102 valence electrons. The van der Waals surface area contributed by atoms with E-state index in [9.17, 15) is 4.79 Å². The number of hydrogen-bond acceptors (Lipinski definition) is 3. The van der Waals surface area contributed by atoms with Gasteiger partial charge in [-0.25, -0.2) is 0 Å². The van der Waals surface area contributed by atoms with Crippen LogP contribution in [0.3, 0.4) is 0 Å². The molecule has 0 saturated carbocycles. The van der Waals surface area contributed by atoms with Gasteiger partial charge in [-0.15, -0.1) is 11.3 Å². The molecule has 0 aromatic carbocycles. The summed E-state index contributed by atoms with van der Waals surface area (Å²) in [5.74, 6) is 0.0842. The van der Waals surface area contributed by atoms with E-state index in [1.54, 1.807) is 11.3 Å². The molecule has 1 aromatic heterocycles. The highest BCUT2D eigenvalue weighted by Crippen LogP contribution is 2.19. The van der Waals surface area contributed by atoms with Crippen molar-refractivity contribution in [2.24, 2.45) is 0 Å². The molecule has 0 fully saturated rings. The first-order valence-corrected chi connectivity index (χ1v) is 7.40. The summed E-state index contributed by atoms with van der Waals surface area (Å²) < 4.78 is 0. The third-order valence-electron chi connectivity index (χ3n) is 2.93. The van der Waals surface area contributed by atoms with Gasteiger partial charge in [-0.1, -0.05) is 13.3 Å². The van der Waals surface area contributed by atoms with Gasteiger partial charge in [0.15, 0.2) is 0 Å². The van der Waals surface area contributed by atoms with Gasteiger partial charge in [-0.05, 0) is 38.8 Å². The second-order valence-electron chi connectivity index (χ2n) is 4.81. The number of aryl methyl sites for hydroxylation is 2. The fourth-order valence-electron chi connectivity index (χ4n) is 1.87. The first-order chi connectivity index (χ1) is 8.52. The van der Waals surface area contributed by atoms with Gasteiger partial charge >= 0.3 is 0 Å². The van der Waals surface area contributed by atoms with Crippen LogP contribution >= 0.6 is 11.3 Å². The third kappa shape index (κ3) is 5.19. The molecule has 1 rings (SSSR count). The van der Waals surface area contributed by atoms with E-state index in [0.717, 1.165) is 19.4 Å². The molecule has 1 aromatic rings. The van der Waals surface area contributed by atoms with Crippen LogP contribution in [0.1, 0.15) is 42.0 Å². The zero-order valence-corrected chi connectivity index (χ0v) is 12.6. The highest BCUT2D eigenvalue weighted by atomic mass is 32.1. The van der Waals surface area contributed by atoms with Crippen LogP contribution in [-0.2, 0) is 11.3 Å². The smallest absolute Gasteiger partial charge is 0.234 e. The number of carbonyl (C=O) groups excluding carboxylic acids is 1. The van der Waals surface area contributed by atoms with Crippen LogP contribution in [-0.4, -0.2) is 18.5 Å². The van der Waals surface area contributed by atoms with Gasteiger partial charge in [0, 0.05) is 22.3 Å². The normalized spacial score (nSPS) is 12.4. The van der Waals surface area contributed by atoms with Crippen LogP contribution in [0.2, 0.25) is 0 Å². The van der Waals surface area contributed by atoms with Gasteiger partial charge < -0.3 is 10.6 Å². The molecule has 3 nitrogen and oxygen atoms in total. The molecule has 1 unspecified atom stereocenters. The maximum absolute atomic E-state index is 11.6. The Morgan fingerprint density at radius 3 is 2.72 bits per heavy atom. The lowest BCUT2D eigenvalue weighted by Gasteiger charge is -2.12. The zero-order valence-electron chi connectivity index (χ0n) is 11.8. The van der Waals surface area contributed by atoms with Crippen molar-refractivity contribution in [1.82, 2.24) is 10.6 Å². The van der Waals surface area contributed by atoms with Crippen molar-refractivity contribution in [3.8, 4) is 0 Å². The van der Waals surface area contributed by atoms with Crippen LogP contribution in [0.15, 0.2) is 6.07 Å². The Kier molecular flexibility index (Phi) is 6.36. The van der Waals surface area contributed by atoms with Crippen LogP contribution in [0.4, 0.5) is 0 Å². The van der Waals surface area contributed by atoms with E-state index in [1.807, 2.05) is 6.92 Å². The largest absolute Gasteiger partial charge is 0.353 e. The Hall–Kier alpha value is -0.870. The Balaban J connectivity index is 2.23. The summed E-state index contributed by atoms with van der Waals surface area (Å²) in [4.78, 5) is 14.3. The highest BCUT2D eigenvalue weighted by molar-refractivity contribution is 7.12. The maximum atomic E-state index is 11.6. The molecule has 18 heavy (non-hydrogen) atoms. The minimum atomic E-state index is 0.0842. The summed E-state index contributed by atoms with van der Waals surface area (Å²) in [5, 5.41) is 6.17. The molecular weight excluding hydrogens is 244 g/mol. The van der Waals surface area contributed by atoms with Crippen LogP contribution in [0.25, 0.3) is 0 Å². The Labute approximate surface area is 114 Å². The van der Waals surface area contributed by atoms with Crippen molar-refractivity contribution >= 4 is 17.2 Å². The van der Waals surface area contributed by atoms with E-state index < -0.39 is 0 Å². The number of amides is 1. The van der Waals surface area contributed by atoms with E-state index in [0.29, 0.717) is 6.54 Å². The fourth-order valence-corrected chi connectivity index (χ4v) is 2.89. The lowest BCUT2D eigenvalue weighted by Crippen LogP contribution is -2.38. The van der Waals surface area contributed by atoms with Gasteiger partial charge in [0.05, 0.1) is 6.54 Å². The van der Waals surface area contributed by atoms with E-state index in [1.165, 1.54) is 15.3 Å². The van der Waals surface area contributed by atoms with Crippen LogP contribution < -0.4 is 10.6 Å². The molecule has 0 aliphatic heterocycles.